The van der Waals surface area contributed by atoms with E-state index in [4.69, 9.17) is 9.97 Å². The minimum atomic E-state index is 0.708. The first-order valence-electron chi connectivity index (χ1n) is 16.9. The molecular formula is C46H30N4. The lowest BCUT2D eigenvalue weighted by atomic mass is 10.0. The third-order valence-electron chi connectivity index (χ3n) is 9.77. The molecule has 0 aliphatic heterocycles. The second-order valence-corrected chi connectivity index (χ2v) is 12.7. The number of hydrogen-bond acceptors (Lipinski definition) is 2. The molecule has 0 N–H and O–H groups in total. The number of nitrogens with zero attached hydrogens (tertiary/aromatic N) is 4. The summed E-state index contributed by atoms with van der Waals surface area (Å²) >= 11 is 0. The number of benzene rings is 7. The van der Waals surface area contributed by atoms with Crippen LogP contribution in [0.15, 0.2) is 182 Å². The largest absolute Gasteiger partial charge is 0.315 e. The van der Waals surface area contributed by atoms with Gasteiger partial charge in [-0.1, -0.05) is 121 Å². The zero-order chi connectivity index (χ0) is 33.0. The molecule has 0 amide bonds. The van der Waals surface area contributed by atoms with E-state index in [2.05, 4.69) is 179 Å². The first kappa shape index (κ1) is 28.3. The van der Waals surface area contributed by atoms with Crippen LogP contribution in [0.4, 0.5) is 0 Å². The van der Waals surface area contributed by atoms with E-state index in [0.717, 1.165) is 39.1 Å². The van der Waals surface area contributed by atoms with Gasteiger partial charge < -0.3 is 9.13 Å². The fraction of sp³-hybridized carbons (Fsp3) is 0. The standard InChI is InChI=1S/C46H30N4/c1-3-11-31(12-4-1)32-19-21-33(22-20-32)43-40-16-7-9-17-41(40)47-46(48-43)35-23-26-37(27-24-35)50-42-18-10-8-15-38(42)39-28-25-34-29-30-49(44(34)45(39)50)36-13-5-2-6-14-36/h1-30H. The Kier molecular flexibility index (Phi) is 6.46. The maximum Gasteiger partial charge on any atom is 0.160 e. The zero-order valence-corrected chi connectivity index (χ0v) is 27.1. The highest BCUT2D eigenvalue weighted by Crippen LogP contribution is 2.38. The van der Waals surface area contributed by atoms with Crippen LogP contribution < -0.4 is 0 Å². The fourth-order valence-electron chi connectivity index (χ4n) is 7.38. The summed E-state index contributed by atoms with van der Waals surface area (Å²) in [4.78, 5) is 10.2. The summed E-state index contributed by atoms with van der Waals surface area (Å²) < 4.78 is 4.70. The molecule has 10 aromatic rings. The first-order valence-corrected chi connectivity index (χ1v) is 16.9. The highest BCUT2D eigenvalue weighted by molar-refractivity contribution is 6.18. The fourth-order valence-corrected chi connectivity index (χ4v) is 7.38. The van der Waals surface area contributed by atoms with E-state index in [1.807, 2.05) is 12.1 Å². The highest BCUT2D eigenvalue weighted by Gasteiger charge is 2.18. The highest BCUT2D eigenvalue weighted by atomic mass is 15.0. The van der Waals surface area contributed by atoms with E-state index in [1.54, 1.807) is 0 Å². The summed E-state index contributed by atoms with van der Waals surface area (Å²) in [6.07, 6.45) is 2.18. The minimum absolute atomic E-state index is 0.708. The molecule has 0 spiro atoms. The number of aromatic nitrogens is 4. The lowest BCUT2D eigenvalue weighted by molar-refractivity contribution is 1.11. The summed E-state index contributed by atoms with van der Waals surface area (Å²) in [7, 11) is 0. The van der Waals surface area contributed by atoms with Gasteiger partial charge in [-0.15, -0.1) is 0 Å². The van der Waals surface area contributed by atoms with Crippen molar-refractivity contribution in [3.63, 3.8) is 0 Å². The Balaban J connectivity index is 1.12. The van der Waals surface area contributed by atoms with E-state index in [9.17, 15) is 0 Å². The van der Waals surface area contributed by atoms with E-state index in [-0.39, 0.29) is 0 Å². The lowest BCUT2D eigenvalue weighted by Crippen LogP contribution is -1.99. The number of hydrogen-bond donors (Lipinski definition) is 0. The van der Waals surface area contributed by atoms with Crippen molar-refractivity contribution in [2.24, 2.45) is 0 Å². The van der Waals surface area contributed by atoms with Gasteiger partial charge in [-0.25, -0.2) is 9.97 Å². The molecule has 10 rings (SSSR count). The molecular weight excluding hydrogens is 609 g/mol. The predicted octanol–water partition coefficient (Wildman–Crippen LogP) is 11.7. The first-order chi connectivity index (χ1) is 24.8. The molecule has 0 aliphatic carbocycles. The molecule has 0 saturated carbocycles. The minimum Gasteiger partial charge on any atom is -0.315 e. The molecule has 7 aromatic carbocycles. The van der Waals surface area contributed by atoms with Crippen LogP contribution in [0.1, 0.15) is 0 Å². The molecule has 0 fully saturated rings. The molecule has 3 heterocycles. The van der Waals surface area contributed by atoms with Gasteiger partial charge in [-0.3, -0.25) is 0 Å². The third kappa shape index (κ3) is 4.54. The Morgan fingerprint density at radius 1 is 0.380 bits per heavy atom. The van der Waals surface area contributed by atoms with Crippen molar-refractivity contribution in [2.75, 3.05) is 0 Å². The van der Waals surface area contributed by atoms with E-state index >= 15 is 0 Å². The molecule has 234 valence electrons. The van der Waals surface area contributed by atoms with Crippen molar-refractivity contribution in [2.45, 2.75) is 0 Å². The summed E-state index contributed by atoms with van der Waals surface area (Å²) in [5, 5.41) is 4.70. The van der Waals surface area contributed by atoms with Crippen LogP contribution in [0.25, 0.3) is 88.8 Å². The average Bonchev–Trinajstić information content (AvgIpc) is 3.78. The van der Waals surface area contributed by atoms with Crippen LogP contribution in [-0.2, 0) is 0 Å². The van der Waals surface area contributed by atoms with Gasteiger partial charge in [0.2, 0.25) is 0 Å². The van der Waals surface area contributed by atoms with Gasteiger partial charge in [-0.05, 0) is 65.7 Å². The number of fused-ring (bicyclic) bond motifs is 6. The lowest BCUT2D eigenvalue weighted by Gasteiger charge is -2.13. The molecule has 0 aliphatic rings. The Morgan fingerprint density at radius 3 is 1.82 bits per heavy atom. The zero-order valence-electron chi connectivity index (χ0n) is 27.1. The van der Waals surface area contributed by atoms with Crippen molar-refractivity contribution in [1.82, 2.24) is 19.1 Å². The Morgan fingerprint density at radius 2 is 1.02 bits per heavy atom. The van der Waals surface area contributed by atoms with Crippen LogP contribution in [0.3, 0.4) is 0 Å². The second kappa shape index (κ2) is 11.4. The molecule has 0 radical (unpaired) electrons. The van der Waals surface area contributed by atoms with Crippen LogP contribution >= 0.6 is 0 Å². The van der Waals surface area contributed by atoms with E-state index in [0.29, 0.717) is 5.82 Å². The average molecular weight is 639 g/mol. The SMILES string of the molecule is c1ccc(-c2ccc(-c3nc(-c4ccc(-n5c6ccccc6c6ccc7ccn(-c8ccccc8)c7c65)cc4)nc4ccccc34)cc2)cc1. The Hall–Kier alpha value is -6.78. The second-order valence-electron chi connectivity index (χ2n) is 12.7. The summed E-state index contributed by atoms with van der Waals surface area (Å²) in [5.74, 6) is 0.708. The van der Waals surface area contributed by atoms with Crippen molar-refractivity contribution in [1.29, 1.82) is 0 Å². The van der Waals surface area contributed by atoms with E-state index in [1.165, 1.54) is 43.8 Å². The van der Waals surface area contributed by atoms with Crippen molar-refractivity contribution in [3.8, 4) is 45.1 Å². The van der Waals surface area contributed by atoms with Crippen molar-refractivity contribution >= 4 is 43.6 Å². The topological polar surface area (TPSA) is 35.6 Å². The smallest absolute Gasteiger partial charge is 0.160 e. The molecule has 0 unspecified atom stereocenters. The molecule has 0 saturated heterocycles. The van der Waals surface area contributed by atoms with Gasteiger partial charge in [0.25, 0.3) is 0 Å². The molecule has 0 bridgehead atoms. The molecule has 4 nitrogen and oxygen atoms in total. The molecule has 3 aromatic heterocycles. The monoisotopic (exact) mass is 638 g/mol. The molecule has 4 heteroatoms. The van der Waals surface area contributed by atoms with Gasteiger partial charge >= 0.3 is 0 Å². The van der Waals surface area contributed by atoms with Crippen LogP contribution in [0.2, 0.25) is 0 Å². The van der Waals surface area contributed by atoms with Crippen molar-refractivity contribution in [3.05, 3.63) is 182 Å². The van der Waals surface area contributed by atoms with E-state index < -0.39 is 0 Å². The van der Waals surface area contributed by atoms with Crippen LogP contribution in [0.5, 0.6) is 0 Å². The summed E-state index contributed by atoms with van der Waals surface area (Å²) in [6, 6.07) is 62.1. The third-order valence-corrected chi connectivity index (χ3v) is 9.77. The maximum absolute atomic E-state index is 5.19. The van der Waals surface area contributed by atoms with Gasteiger partial charge in [0.15, 0.2) is 5.82 Å². The Labute approximate surface area is 289 Å². The van der Waals surface area contributed by atoms with Gasteiger partial charge in [0.05, 0.1) is 27.8 Å². The summed E-state index contributed by atoms with van der Waals surface area (Å²) in [5.41, 5.74) is 12.1. The van der Waals surface area contributed by atoms with Gasteiger partial charge in [0.1, 0.15) is 0 Å². The van der Waals surface area contributed by atoms with Crippen LogP contribution in [0, 0.1) is 0 Å². The quantitative estimate of drug-likeness (QED) is 0.188. The Bertz CT molecular complexity index is 2830. The predicted molar refractivity (Wildman–Crippen MR) is 207 cm³/mol. The maximum atomic E-state index is 5.19. The molecule has 0 atom stereocenters. The van der Waals surface area contributed by atoms with Gasteiger partial charge in [-0.2, -0.15) is 0 Å². The molecule has 50 heavy (non-hydrogen) atoms. The van der Waals surface area contributed by atoms with Crippen molar-refractivity contribution < 1.29 is 0 Å². The number of para-hydroxylation sites is 3. The number of rotatable bonds is 5. The summed E-state index contributed by atoms with van der Waals surface area (Å²) in [6.45, 7) is 0. The van der Waals surface area contributed by atoms with Crippen LogP contribution in [-0.4, -0.2) is 19.1 Å². The van der Waals surface area contributed by atoms with Gasteiger partial charge in [0, 0.05) is 50.2 Å². The normalized spacial score (nSPS) is 11.6.